The lowest BCUT2D eigenvalue weighted by Gasteiger charge is -2.25. The summed E-state index contributed by atoms with van der Waals surface area (Å²) in [6.45, 7) is 4.92. The van der Waals surface area contributed by atoms with E-state index < -0.39 is 24.3 Å². The van der Waals surface area contributed by atoms with Gasteiger partial charge in [0.25, 0.3) is 6.29 Å². The van der Waals surface area contributed by atoms with E-state index in [9.17, 15) is 19.5 Å². The van der Waals surface area contributed by atoms with E-state index in [1.165, 1.54) is 244 Å². The highest BCUT2D eigenvalue weighted by molar-refractivity contribution is 5.71. The molecule has 0 fully saturated rings. The molecule has 2 atom stereocenters. The Balaban J connectivity index is 4.13. The molecule has 0 aliphatic heterocycles. The normalized spacial score (nSPS) is 12.9. The topological polar surface area (TPSA) is 108 Å². The number of rotatable bonds is 62. The van der Waals surface area contributed by atoms with Crippen LogP contribution in [0.4, 0.5) is 0 Å². The van der Waals surface area contributed by atoms with E-state index in [1.807, 2.05) is 21.1 Å². The quantitative estimate of drug-likeness (QED) is 0.0211. The molecular weight excluding hydrogens is 959 g/mol. The van der Waals surface area contributed by atoms with Crippen LogP contribution in [0.1, 0.15) is 322 Å². The standard InChI is InChI=1S/C68H127NO8/c1-6-8-10-12-14-16-18-20-22-24-26-28-30-32-33-35-37-39-41-43-45-47-49-51-53-55-57-59-66(71)77-64(63-76-68(67(72)73)74-61-60-69(3,4)5)62-75-65(70)58-56-54-52-50-48-46-44-42-40-38-36-34-31-29-27-25-23-21-19-17-15-13-11-9-7-2/h18,20,24,26,30,32,64,68H,6-17,19,21-23,25,27-29,31,33-63H2,1-5H3/p+1/b20-18-,26-24-,32-30-. The second kappa shape index (κ2) is 59.6. The minimum Gasteiger partial charge on any atom is -0.477 e. The zero-order valence-corrected chi connectivity index (χ0v) is 51.6. The number of unbranched alkanes of at least 4 members (excludes halogenated alkanes) is 41. The van der Waals surface area contributed by atoms with Crippen LogP contribution in [0.15, 0.2) is 36.5 Å². The largest absolute Gasteiger partial charge is 0.477 e. The van der Waals surface area contributed by atoms with Crippen LogP contribution < -0.4 is 0 Å². The number of quaternary nitrogens is 1. The molecule has 9 heteroatoms. The number of hydrogen-bond donors (Lipinski definition) is 1. The number of esters is 2. The summed E-state index contributed by atoms with van der Waals surface area (Å²) in [4.78, 5) is 37.6. The number of hydrogen-bond acceptors (Lipinski definition) is 7. The number of carboxylic acid groups (broad SMARTS) is 1. The Kier molecular flexibility index (Phi) is 57.7. The SMILES string of the molecule is CCCCCCC/C=C\C/C=C\C/C=C\CCCCCCCCCCCCCCC(=O)OC(COC(=O)CCCCCCCCCCCCCCCCCCCCCCCCCCC)COC(OCC[N+](C)(C)C)C(=O)O. The molecule has 0 heterocycles. The lowest BCUT2D eigenvalue weighted by Crippen LogP contribution is -2.40. The molecule has 0 saturated heterocycles. The van der Waals surface area contributed by atoms with Gasteiger partial charge >= 0.3 is 17.9 Å². The Bertz CT molecular complexity index is 1360. The van der Waals surface area contributed by atoms with E-state index in [0.29, 0.717) is 17.4 Å². The Hall–Kier alpha value is -2.49. The molecule has 0 rings (SSSR count). The van der Waals surface area contributed by atoms with Crippen molar-refractivity contribution in [3.8, 4) is 0 Å². The first-order chi connectivity index (χ1) is 37.6. The molecule has 0 spiro atoms. The molecule has 9 nitrogen and oxygen atoms in total. The molecule has 0 aliphatic rings. The molecule has 0 aromatic rings. The first-order valence-electron chi connectivity index (χ1n) is 33.2. The number of carbonyl (C=O) groups excluding carboxylic acids is 2. The van der Waals surface area contributed by atoms with Crippen molar-refractivity contribution in [3.63, 3.8) is 0 Å². The average Bonchev–Trinajstić information content (AvgIpc) is 3.40. The van der Waals surface area contributed by atoms with E-state index in [4.69, 9.17) is 18.9 Å². The fourth-order valence-corrected chi connectivity index (χ4v) is 9.79. The van der Waals surface area contributed by atoms with Crippen LogP contribution >= 0.6 is 0 Å². The predicted octanol–water partition coefficient (Wildman–Crippen LogP) is 20.0. The minimum atomic E-state index is -1.51. The summed E-state index contributed by atoms with van der Waals surface area (Å²) in [5.41, 5.74) is 0. The number of aliphatic carboxylic acids is 1. The van der Waals surface area contributed by atoms with Crippen molar-refractivity contribution in [3.05, 3.63) is 36.5 Å². The number of nitrogens with zero attached hydrogens (tertiary/aromatic N) is 1. The smallest absolute Gasteiger partial charge is 0.361 e. The van der Waals surface area contributed by atoms with Gasteiger partial charge in [-0.3, -0.25) is 9.59 Å². The fourth-order valence-electron chi connectivity index (χ4n) is 9.79. The highest BCUT2D eigenvalue weighted by Crippen LogP contribution is 2.18. The second-order valence-electron chi connectivity index (χ2n) is 23.8. The lowest BCUT2D eigenvalue weighted by atomic mass is 10.0. The Labute approximate surface area is 477 Å². The molecule has 0 radical (unpaired) electrons. The van der Waals surface area contributed by atoms with Crippen molar-refractivity contribution in [2.45, 2.75) is 334 Å². The van der Waals surface area contributed by atoms with Gasteiger partial charge in [-0.15, -0.1) is 0 Å². The molecule has 0 saturated carbocycles. The van der Waals surface area contributed by atoms with Crippen molar-refractivity contribution in [1.29, 1.82) is 0 Å². The number of carbonyl (C=O) groups is 3. The number of carboxylic acids is 1. The van der Waals surface area contributed by atoms with Crippen molar-refractivity contribution in [2.75, 3.05) is 47.5 Å². The van der Waals surface area contributed by atoms with E-state index in [-0.39, 0.29) is 32.2 Å². The van der Waals surface area contributed by atoms with E-state index in [1.54, 1.807) is 0 Å². The number of ether oxygens (including phenoxy) is 4. The van der Waals surface area contributed by atoms with Gasteiger partial charge in [0, 0.05) is 12.8 Å². The van der Waals surface area contributed by atoms with E-state index >= 15 is 0 Å². The van der Waals surface area contributed by atoms with Crippen LogP contribution in [-0.2, 0) is 33.3 Å². The van der Waals surface area contributed by atoms with Crippen LogP contribution in [0.2, 0.25) is 0 Å². The lowest BCUT2D eigenvalue weighted by molar-refractivity contribution is -0.870. The van der Waals surface area contributed by atoms with Crippen molar-refractivity contribution >= 4 is 17.9 Å². The summed E-state index contributed by atoms with van der Waals surface area (Å²) >= 11 is 0. The van der Waals surface area contributed by atoms with Crippen LogP contribution in [0.25, 0.3) is 0 Å². The summed E-state index contributed by atoms with van der Waals surface area (Å²) in [5.74, 6) is -1.98. The van der Waals surface area contributed by atoms with Gasteiger partial charge < -0.3 is 28.5 Å². The highest BCUT2D eigenvalue weighted by atomic mass is 16.7. The maximum Gasteiger partial charge on any atom is 0.361 e. The maximum absolute atomic E-state index is 12.9. The summed E-state index contributed by atoms with van der Waals surface area (Å²) in [6, 6.07) is 0. The van der Waals surface area contributed by atoms with Crippen molar-refractivity contribution < 1.29 is 42.9 Å². The van der Waals surface area contributed by atoms with Gasteiger partial charge in [0.05, 0.1) is 34.4 Å². The van der Waals surface area contributed by atoms with Crippen LogP contribution in [0.5, 0.6) is 0 Å². The summed E-state index contributed by atoms with van der Waals surface area (Å²) in [6.07, 6.45) is 71.0. The predicted molar refractivity (Wildman–Crippen MR) is 327 cm³/mol. The Morgan fingerprint density at radius 3 is 1.04 bits per heavy atom. The fraction of sp³-hybridized carbons (Fsp3) is 0.868. The van der Waals surface area contributed by atoms with Gasteiger partial charge in [-0.25, -0.2) is 4.79 Å². The number of allylic oxidation sites excluding steroid dienone is 6. The van der Waals surface area contributed by atoms with Crippen molar-refractivity contribution in [1.82, 2.24) is 0 Å². The Morgan fingerprint density at radius 2 is 0.701 bits per heavy atom. The van der Waals surface area contributed by atoms with Crippen LogP contribution in [0.3, 0.4) is 0 Å². The van der Waals surface area contributed by atoms with Gasteiger partial charge in [-0.1, -0.05) is 294 Å². The molecule has 0 aromatic heterocycles. The van der Waals surface area contributed by atoms with Gasteiger partial charge in [-0.2, -0.15) is 0 Å². The van der Waals surface area contributed by atoms with E-state index in [0.717, 1.165) is 51.4 Å². The molecule has 0 amide bonds. The zero-order valence-electron chi connectivity index (χ0n) is 51.6. The molecule has 1 N–H and O–H groups in total. The third-order valence-corrected chi connectivity index (χ3v) is 14.9. The van der Waals surface area contributed by atoms with Gasteiger partial charge in [0.2, 0.25) is 0 Å². The summed E-state index contributed by atoms with van der Waals surface area (Å²) in [5, 5.41) is 9.73. The zero-order chi connectivity index (χ0) is 56.2. The third kappa shape index (κ3) is 61.0. The van der Waals surface area contributed by atoms with Crippen LogP contribution in [0, 0.1) is 0 Å². The minimum absolute atomic E-state index is 0.178. The third-order valence-electron chi connectivity index (χ3n) is 14.9. The summed E-state index contributed by atoms with van der Waals surface area (Å²) < 4.78 is 23.0. The summed E-state index contributed by atoms with van der Waals surface area (Å²) in [7, 11) is 5.98. The first-order valence-corrected chi connectivity index (χ1v) is 33.2. The average molecular weight is 1090 g/mol. The number of likely N-dealkylation sites (N-methyl/N-ethyl adjacent to an activating group) is 1. The molecule has 0 bridgehead atoms. The Morgan fingerprint density at radius 1 is 0.390 bits per heavy atom. The van der Waals surface area contributed by atoms with Gasteiger partial charge in [0.15, 0.2) is 6.10 Å². The van der Waals surface area contributed by atoms with Crippen LogP contribution in [-0.4, -0.2) is 87.4 Å². The molecule has 0 aromatic carbocycles. The molecule has 2 unspecified atom stereocenters. The maximum atomic E-state index is 12.9. The highest BCUT2D eigenvalue weighted by Gasteiger charge is 2.25. The first kappa shape index (κ1) is 74.5. The monoisotopic (exact) mass is 1090 g/mol. The molecular formula is C68H128NO8+. The molecule has 452 valence electrons. The second-order valence-corrected chi connectivity index (χ2v) is 23.8. The van der Waals surface area contributed by atoms with Gasteiger partial charge in [0.1, 0.15) is 13.2 Å². The van der Waals surface area contributed by atoms with Crippen molar-refractivity contribution in [2.24, 2.45) is 0 Å². The van der Waals surface area contributed by atoms with Gasteiger partial charge in [-0.05, 0) is 51.4 Å². The van der Waals surface area contributed by atoms with E-state index in [2.05, 4.69) is 50.3 Å². The molecule has 77 heavy (non-hydrogen) atoms. The molecule has 0 aliphatic carbocycles.